The Morgan fingerprint density at radius 2 is 1.08 bits per heavy atom. The van der Waals surface area contributed by atoms with Crippen molar-refractivity contribution in [2.75, 3.05) is 5.75 Å². The zero-order chi connectivity index (χ0) is 25.2. The van der Waals surface area contributed by atoms with Crippen molar-refractivity contribution in [3.8, 4) is 0 Å². The molecule has 0 aromatic heterocycles. The summed E-state index contributed by atoms with van der Waals surface area (Å²) in [6, 6.07) is 21.4. The first-order chi connectivity index (χ1) is 17.7. The van der Waals surface area contributed by atoms with Crippen LogP contribution in [-0.4, -0.2) is 17.3 Å². The third-order valence-electron chi connectivity index (χ3n) is 6.72. The Balaban J connectivity index is 1.36. The lowest BCUT2D eigenvalue weighted by molar-refractivity contribution is 0.0974. The van der Waals surface area contributed by atoms with Crippen molar-refractivity contribution >= 4 is 35.1 Å². The number of ketones is 2. The van der Waals surface area contributed by atoms with E-state index < -0.39 is 0 Å². The minimum Gasteiger partial charge on any atom is -0.289 e. The highest BCUT2D eigenvalue weighted by Gasteiger charge is 2.33. The van der Waals surface area contributed by atoms with Crippen molar-refractivity contribution in [3.05, 3.63) is 89.0 Å². The number of carbonyl (C=O) groups excluding carboxylic acids is 2. The molecule has 0 spiro atoms. The van der Waals surface area contributed by atoms with Gasteiger partial charge in [-0.25, -0.2) is 0 Å². The molecule has 0 saturated carbocycles. The summed E-state index contributed by atoms with van der Waals surface area (Å²) in [6.07, 6.45) is 13.1. The molecule has 0 atom stereocenters. The monoisotopic (exact) mass is 516 g/mol. The van der Waals surface area contributed by atoms with Crippen molar-refractivity contribution in [1.29, 1.82) is 0 Å². The molecule has 0 radical (unpaired) electrons. The number of unbranched alkanes of at least 4 members (excludes halogenated alkanes) is 9. The zero-order valence-electron chi connectivity index (χ0n) is 21.3. The maximum Gasteiger partial charge on any atom is 0.195 e. The van der Waals surface area contributed by atoms with E-state index in [1.807, 2.05) is 60.7 Å². The van der Waals surface area contributed by atoms with E-state index in [1.165, 1.54) is 69.5 Å². The normalized spacial score (nSPS) is 12.5. The standard InChI is InChI=1S/C32H36O2S2/c1-2-3-4-5-6-7-8-9-10-14-23-35-27-21-15-19-25-29(27)31(33)26-20-16-22-28(30(26)32(25)34)36-24-17-12-11-13-18-24/h11-13,15-22H,2-10,14,23H2,1H3. The first-order valence-corrected chi connectivity index (χ1v) is 15.2. The Kier molecular flexibility index (Phi) is 10.3. The van der Waals surface area contributed by atoms with E-state index in [0.29, 0.717) is 22.3 Å². The molecule has 3 aromatic rings. The van der Waals surface area contributed by atoms with Crippen LogP contribution in [0, 0.1) is 0 Å². The number of benzene rings is 3. The molecule has 0 saturated heterocycles. The van der Waals surface area contributed by atoms with Gasteiger partial charge >= 0.3 is 0 Å². The molecule has 4 heteroatoms. The van der Waals surface area contributed by atoms with Gasteiger partial charge < -0.3 is 0 Å². The largest absolute Gasteiger partial charge is 0.289 e. The van der Waals surface area contributed by atoms with Crippen LogP contribution in [0.5, 0.6) is 0 Å². The van der Waals surface area contributed by atoms with Gasteiger partial charge in [0.15, 0.2) is 11.6 Å². The Morgan fingerprint density at radius 1 is 0.556 bits per heavy atom. The molecule has 36 heavy (non-hydrogen) atoms. The SMILES string of the molecule is CCCCCCCCCCCCSc1cccc2c1C(=O)c1cccc(Sc3ccccc3)c1C2=O. The molecule has 0 unspecified atom stereocenters. The molecule has 2 nitrogen and oxygen atoms in total. The second-order valence-corrected chi connectivity index (χ2v) is 11.7. The molecule has 1 aliphatic rings. The number of carbonyl (C=O) groups is 2. The maximum absolute atomic E-state index is 13.6. The van der Waals surface area contributed by atoms with Crippen molar-refractivity contribution in [2.45, 2.75) is 85.8 Å². The van der Waals surface area contributed by atoms with Gasteiger partial charge in [0.1, 0.15) is 0 Å². The third-order valence-corrected chi connectivity index (χ3v) is 8.93. The fourth-order valence-corrected chi connectivity index (χ4v) is 6.86. The topological polar surface area (TPSA) is 34.1 Å². The van der Waals surface area contributed by atoms with Gasteiger partial charge in [0.05, 0.1) is 0 Å². The Hall–Kier alpha value is -2.30. The van der Waals surface area contributed by atoms with E-state index in [2.05, 4.69) is 6.92 Å². The first kappa shape index (κ1) is 26.8. The van der Waals surface area contributed by atoms with Crippen LogP contribution in [0.3, 0.4) is 0 Å². The quantitative estimate of drug-likeness (QED) is 0.123. The average Bonchev–Trinajstić information content (AvgIpc) is 2.91. The highest BCUT2D eigenvalue weighted by atomic mass is 32.2. The smallest absolute Gasteiger partial charge is 0.195 e. The van der Waals surface area contributed by atoms with Crippen LogP contribution in [0.15, 0.2) is 81.4 Å². The molecule has 0 amide bonds. The number of thioether (sulfide) groups is 1. The minimum atomic E-state index is -0.0417. The van der Waals surface area contributed by atoms with Gasteiger partial charge in [0.2, 0.25) is 0 Å². The van der Waals surface area contributed by atoms with Gasteiger partial charge in [-0.1, -0.05) is 119 Å². The number of fused-ring (bicyclic) bond motifs is 2. The second kappa shape index (κ2) is 13.9. The summed E-state index contributed by atoms with van der Waals surface area (Å²) in [4.78, 5) is 30.0. The van der Waals surface area contributed by atoms with Crippen molar-refractivity contribution in [2.24, 2.45) is 0 Å². The van der Waals surface area contributed by atoms with Crippen LogP contribution in [0.2, 0.25) is 0 Å². The van der Waals surface area contributed by atoms with E-state index in [1.54, 1.807) is 17.8 Å². The predicted molar refractivity (Wildman–Crippen MR) is 153 cm³/mol. The van der Waals surface area contributed by atoms with Crippen LogP contribution >= 0.6 is 23.5 Å². The number of hydrogen-bond donors (Lipinski definition) is 0. The summed E-state index contributed by atoms with van der Waals surface area (Å²) in [7, 11) is 0. The van der Waals surface area contributed by atoms with Crippen molar-refractivity contribution in [1.82, 2.24) is 0 Å². The van der Waals surface area contributed by atoms with Crippen LogP contribution in [0.4, 0.5) is 0 Å². The molecule has 0 aliphatic heterocycles. The minimum absolute atomic E-state index is 0.0266. The van der Waals surface area contributed by atoms with E-state index in [9.17, 15) is 9.59 Å². The van der Waals surface area contributed by atoms with Gasteiger partial charge in [0, 0.05) is 36.9 Å². The summed E-state index contributed by atoms with van der Waals surface area (Å²) in [5, 5.41) is 0. The Bertz CT molecular complexity index is 1170. The van der Waals surface area contributed by atoms with Crippen LogP contribution in [-0.2, 0) is 0 Å². The second-order valence-electron chi connectivity index (χ2n) is 9.46. The molecular formula is C32H36O2S2. The maximum atomic E-state index is 13.6. The van der Waals surface area contributed by atoms with Gasteiger partial charge in [-0.15, -0.1) is 11.8 Å². The van der Waals surface area contributed by atoms with E-state index in [4.69, 9.17) is 0 Å². The lowest BCUT2D eigenvalue weighted by Crippen LogP contribution is -2.22. The first-order valence-electron chi connectivity index (χ1n) is 13.4. The fraction of sp³-hybridized carbons (Fsp3) is 0.375. The molecule has 0 fully saturated rings. The average molecular weight is 517 g/mol. The summed E-state index contributed by atoms with van der Waals surface area (Å²) < 4.78 is 0. The lowest BCUT2D eigenvalue weighted by Gasteiger charge is -2.22. The summed E-state index contributed by atoms with van der Waals surface area (Å²) in [6.45, 7) is 2.26. The van der Waals surface area contributed by atoms with Gasteiger partial charge in [0.25, 0.3) is 0 Å². The van der Waals surface area contributed by atoms with Crippen molar-refractivity contribution in [3.63, 3.8) is 0 Å². The molecule has 0 bridgehead atoms. The number of hydrogen-bond acceptors (Lipinski definition) is 4. The van der Waals surface area contributed by atoms with E-state index >= 15 is 0 Å². The van der Waals surface area contributed by atoms with Crippen molar-refractivity contribution < 1.29 is 9.59 Å². The van der Waals surface area contributed by atoms with Crippen LogP contribution in [0.25, 0.3) is 0 Å². The van der Waals surface area contributed by atoms with Gasteiger partial charge in [-0.2, -0.15) is 0 Å². The molecule has 4 rings (SSSR count). The molecule has 188 valence electrons. The fourth-order valence-electron chi connectivity index (χ4n) is 4.77. The van der Waals surface area contributed by atoms with Crippen LogP contribution < -0.4 is 0 Å². The van der Waals surface area contributed by atoms with E-state index in [-0.39, 0.29) is 11.6 Å². The molecule has 0 heterocycles. The predicted octanol–water partition coefficient (Wildman–Crippen LogP) is 9.63. The lowest BCUT2D eigenvalue weighted by atomic mass is 9.84. The molecule has 3 aromatic carbocycles. The third kappa shape index (κ3) is 6.72. The Morgan fingerprint density at radius 3 is 1.69 bits per heavy atom. The summed E-state index contributed by atoms with van der Waals surface area (Å²) in [5.41, 5.74) is 2.21. The van der Waals surface area contributed by atoms with Crippen LogP contribution in [0.1, 0.15) is 103 Å². The number of rotatable bonds is 14. The molecular weight excluding hydrogens is 480 g/mol. The molecule has 1 aliphatic carbocycles. The highest BCUT2D eigenvalue weighted by Crippen LogP contribution is 2.39. The van der Waals surface area contributed by atoms with Gasteiger partial charge in [-0.3, -0.25) is 9.59 Å². The zero-order valence-corrected chi connectivity index (χ0v) is 22.9. The summed E-state index contributed by atoms with van der Waals surface area (Å²) in [5.74, 6) is 0.909. The molecule has 0 N–H and O–H groups in total. The van der Waals surface area contributed by atoms with E-state index in [0.717, 1.165) is 26.9 Å². The summed E-state index contributed by atoms with van der Waals surface area (Å²) >= 11 is 3.26. The highest BCUT2D eigenvalue weighted by molar-refractivity contribution is 7.99. The Labute approximate surface area is 224 Å². The van der Waals surface area contributed by atoms with Gasteiger partial charge in [-0.05, 0) is 36.4 Å².